The van der Waals surface area contributed by atoms with Crippen molar-refractivity contribution in [2.24, 2.45) is 5.73 Å². The standard InChI is InChI=1S/C8H9ClIN/c1-5-2-7(9)6(4-11)3-8(5)10/h2-3H,4,11H2,1H3. The lowest BCUT2D eigenvalue weighted by Gasteiger charge is -2.03. The maximum Gasteiger partial charge on any atom is 0.0454 e. The number of benzene rings is 1. The van der Waals surface area contributed by atoms with Gasteiger partial charge in [-0.25, -0.2) is 0 Å². The van der Waals surface area contributed by atoms with Gasteiger partial charge in [-0.2, -0.15) is 0 Å². The van der Waals surface area contributed by atoms with Crippen LogP contribution < -0.4 is 5.73 Å². The molecule has 0 fully saturated rings. The molecule has 0 heterocycles. The number of aryl methyl sites for hydroxylation is 1. The zero-order valence-corrected chi connectivity index (χ0v) is 9.11. The Morgan fingerprint density at radius 2 is 2.18 bits per heavy atom. The van der Waals surface area contributed by atoms with E-state index >= 15 is 0 Å². The van der Waals surface area contributed by atoms with Crippen molar-refractivity contribution in [2.45, 2.75) is 13.5 Å². The Bertz CT molecular complexity index is 273. The minimum atomic E-state index is 0.509. The lowest BCUT2D eigenvalue weighted by atomic mass is 10.1. The monoisotopic (exact) mass is 281 g/mol. The summed E-state index contributed by atoms with van der Waals surface area (Å²) >= 11 is 8.19. The molecule has 0 aliphatic carbocycles. The van der Waals surface area contributed by atoms with E-state index in [1.165, 1.54) is 9.13 Å². The molecule has 1 nitrogen and oxygen atoms in total. The Kier molecular flexibility index (Phi) is 3.16. The molecule has 0 aliphatic heterocycles. The van der Waals surface area contributed by atoms with Crippen LogP contribution in [0.2, 0.25) is 5.02 Å². The summed E-state index contributed by atoms with van der Waals surface area (Å²) in [5, 5.41) is 0.769. The number of rotatable bonds is 1. The van der Waals surface area contributed by atoms with Gasteiger partial charge >= 0.3 is 0 Å². The first-order valence-electron chi connectivity index (χ1n) is 3.29. The molecule has 1 rings (SSSR count). The molecule has 0 aliphatic rings. The smallest absolute Gasteiger partial charge is 0.0454 e. The largest absolute Gasteiger partial charge is 0.326 e. The Hall–Kier alpha value is 0.200. The highest BCUT2D eigenvalue weighted by molar-refractivity contribution is 14.1. The minimum Gasteiger partial charge on any atom is -0.326 e. The van der Waals surface area contributed by atoms with Crippen LogP contribution in [0.15, 0.2) is 12.1 Å². The summed E-state index contributed by atoms with van der Waals surface area (Å²) in [5.74, 6) is 0. The predicted molar refractivity (Wildman–Crippen MR) is 56.8 cm³/mol. The van der Waals surface area contributed by atoms with Crippen molar-refractivity contribution in [3.05, 3.63) is 31.9 Å². The molecule has 0 saturated carbocycles. The van der Waals surface area contributed by atoms with Crippen molar-refractivity contribution in [2.75, 3.05) is 0 Å². The summed E-state index contributed by atoms with van der Waals surface area (Å²) in [5.41, 5.74) is 7.70. The average Bonchev–Trinajstić information content (AvgIpc) is 1.97. The molecule has 0 saturated heterocycles. The predicted octanol–water partition coefficient (Wildman–Crippen LogP) is 2.71. The zero-order chi connectivity index (χ0) is 8.43. The fourth-order valence-electron chi connectivity index (χ4n) is 0.844. The molecular formula is C8H9ClIN. The second kappa shape index (κ2) is 3.74. The molecular weight excluding hydrogens is 272 g/mol. The van der Waals surface area contributed by atoms with Crippen molar-refractivity contribution >= 4 is 34.2 Å². The van der Waals surface area contributed by atoms with Crippen LogP contribution in [0.5, 0.6) is 0 Å². The van der Waals surface area contributed by atoms with E-state index in [9.17, 15) is 0 Å². The van der Waals surface area contributed by atoms with Gasteiger partial charge in [-0.3, -0.25) is 0 Å². The highest BCUT2D eigenvalue weighted by atomic mass is 127. The van der Waals surface area contributed by atoms with Gasteiger partial charge in [0.05, 0.1) is 0 Å². The Morgan fingerprint density at radius 1 is 1.55 bits per heavy atom. The quantitative estimate of drug-likeness (QED) is 0.787. The molecule has 11 heavy (non-hydrogen) atoms. The first kappa shape index (κ1) is 9.29. The zero-order valence-electron chi connectivity index (χ0n) is 6.20. The Morgan fingerprint density at radius 3 is 2.73 bits per heavy atom. The van der Waals surface area contributed by atoms with E-state index in [-0.39, 0.29) is 0 Å². The van der Waals surface area contributed by atoms with Crippen LogP contribution in [0.25, 0.3) is 0 Å². The van der Waals surface area contributed by atoms with E-state index < -0.39 is 0 Å². The van der Waals surface area contributed by atoms with Crippen molar-refractivity contribution in [3.63, 3.8) is 0 Å². The van der Waals surface area contributed by atoms with E-state index in [4.69, 9.17) is 17.3 Å². The third-order valence-electron chi connectivity index (χ3n) is 1.55. The van der Waals surface area contributed by atoms with E-state index in [0.29, 0.717) is 6.54 Å². The first-order valence-corrected chi connectivity index (χ1v) is 4.75. The molecule has 60 valence electrons. The number of hydrogen-bond acceptors (Lipinski definition) is 1. The normalized spacial score (nSPS) is 10.2. The van der Waals surface area contributed by atoms with Crippen LogP contribution in [0.4, 0.5) is 0 Å². The molecule has 0 radical (unpaired) electrons. The van der Waals surface area contributed by atoms with E-state index in [2.05, 4.69) is 22.6 Å². The van der Waals surface area contributed by atoms with Gasteiger partial charge in [0.1, 0.15) is 0 Å². The van der Waals surface area contributed by atoms with Crippen molar-refractivity contribution in [1.29, 1.82) is 0 Å². The number of nitrogens with two attached hydrogens (primary N) is 1. The third kappa shape index (κ3) is 2.07. The van der Waals surface area contributed by atoms with Crippen LogP contribution in [0, 0.1) is 10.5 Å². The van der Waals surface area contributed by atoms with Crippen LogP contribution in [0.3, 0.4) is 0 Å². The minimum absolute atomic E-state index is 0.509. The van der Waals surface area contributed by atoms with Crippen molar-refractivity contribution < 1.29 is 0 Å². The van der Waals surface area contributed by atoms with Crippen LogP contribution >= 0.6 is 34.2 Å². The fraction of sp³-hybridized carbons (Fsp3) is 0.250. The molecule has 0 amide bonds. The summed E-state index contributed by atoms with van der Waals surface area (Å²) < 4.78 is 1.22. The summed E-state index contributed by atoms with van der Waals surface area (Å²) in [4.78, 5) is 0. The molecule has 1 aromatic rings. The van der Waals surface area contributed by atoms with Gasteiger partial charge < -0.3 is 5.73 Å². The van der Waals surface area contributed by atoms with Crippen LogP contribution in [0.1, 0.15) is 11.1 Å². The molecule has 3 heteroatoms. The Balaban J connectivity index is 3.21. The van der Waals surface area contributed by atoms with E-state index in [0.717, 1.165) is 10.6 Å². The average molecular weight is 282 g/mol. The lowest BCUT2D eigenvalue weighted by molar-refractivity contribution is 1.07. The Labute approximate surface area is 85.1 Å². The van der Waals surface area contributed by atoms with Crippen molar-refractivity contribution in [3.8, 4) is 0 Å². The van der Waals surface area contributed by atoms with Gasteiger partial charge in [-0.05, 0) is 52.8 Å². The molecule has 0 unspecified atom stereocenters. The van der Waals surface area contributed by atoms with Gasteiger partial charge in [0, 0.05) is 15.1 Å². The molecule has 0 aromatic heterocycles. The molecule has 0 atom stereocenters. The SMILES string of the molecule is Cc1cc(Cl)c(CN)cc1I. The summed E-state index contributed by atoms with van der Waals surface area (Å²) in [6.45, 7) is 2.54. The lowest BCUT2D eigenvalue weighted by Crippen LogP contribution is -1.98. The van der Waals surface area contributed by atoms with E-state index in [1.54, 1.807) is 0 Å². The second-order valence-electron chi connectivity index (χ2n) is 2.40. The highest BCUT2D eigenvalue weighted by Crippen LogP contribution is 2.21. The highest BCUT2D eigenvalue weighted by Gasteiger charge is 2.01. The van der Waals surface area contributed by atoms with Crippen molar-refractivity contribution in [1.82, 2.24) is 0 Å². The topological polar surface area (TPSA) is 26.0 Å². The maximum atomic E-state index is 5.92. The maximum absolute atomic E-state index is 5.92. The number of halogens is 2. The summed E-state index contributed by atoms with van der Waals surface area (Å²) in [6.07, 6.45) is 0. The van der Waals surface area contributed by atoms with Gasteiger partial charge in [-0.15, -0.1) is 0 Å². The molecule has 1 aromatic carbocycles. The molecule has 0 spiro atoms. The molecule has 0 bridgehead atoms. The second-order valence-corrected chi connectivity index (χ2v) is 3.97. The van der Waals surface area contributed by atoms with Crippen LogP contribution in [-0.2, 0) is 6.54 Å². The third-order valence-corrected chi connectivity index (χ3v) is 3.06. The number of hydrogen-bond donors (Lipinski definition) is 1. The summed E-state index contributed by atoms with van der Waals surface area (Å²) in [6, 6.07) is 3.98. The molecule has 2 N–H and O–H groups in total. The van der Waals surface area contributed by atoms with Gasteiger partial charge in [0.2, 0.25) is 0 Å². The van der Waals surface area contributed by atoms with Gasteiger partial charge in [-0.1, -0.05) is 11.6 Å². The van der Waals surface area contributed by atoms with E-state index in [1.807, 2.05) is 19.1 Å². The first-order chi connectivity index (χ1) is 5.15. The van der Waals surface area contributed by atoms with Gasteiger partial charge in [0.15, 0.2) is 0 Å². The summed E-state index contributed by atoms with van der Waals surface area (Å²) in [7, 11) is 0. The van der Waals surface area contributed by atoms with Gasteiger partial charge in [0.25, 0.3) is 0 Å². The van der Waals surface area contributed by atoms with Crippen LogP contribution in [-0.4, -0.2) is 0 Å². The fourth-order valence-corrected chi connectivity index (χ4v) is 1.67.